The fourth-order valence-electron chi connectivity index (χ4n) is 0.544. The molecule has 0 unspecified atom stereocenters. The van der Waals surface area contributed by atoms with Crippen LogP contribution in [0.1, 0.15) is 16.3 Å². The quantitative estimate of drug-likeness (QED) is 0.414. The first-order valence-electron chi connectivity index (χ1n) is 2.48. The molecule has 48 valence electrons. The van der Waals surface area contributed by atoms with Crippen molar-refractivity contribution < 1.29 is 65.7 Å². The summed E-state index contributed by atoms with van der Waals surface area (Å²) in [5, 5.41) is 10.0. The van der Waals surface area contributed by atoms with E-state index < -0.39 is 5.97 Å². The molecule has 1 aromatic rings. The van der Waals surface area contributed by atoms with Crippen LogP contribution in [-0.2, 0) is 0 Å². The zero-order valence-corrected chi connectivity index (χ0v) is 9.00. The van der Waals surface area contributed by atoms with Crippen LogP contribution >= 0.6 is 0 Å². The summed E-state index contributed by atoms with van der Waals surface area (Å²) in [5.41, 5.74) is 0. The molecule has 1 heterocycles. The van der Waals surface area contributed by atoms with E-state index in [0.29, 0.717) is 5.76 Å². The monoisotopic (exact) mass is 164 g/mol. The number of rotatable bonds is 1. The molecular formula is C6H5KO3. The van der Waals surface area contributed by atoms with E-state index >= 15 is 0 Å². The van der Waals surface area contributed by atoms with Crippen LogP contribution in [0.3, 0.4) is 0 Å². The Kier molecular flexibility index (Phi) is 4.47. The van der Waals surface area contributed by atoms with Gasteiger partial charge in [0.1, 0.15) is 17.5 Å². The van der Waals surface area contributed by atoms with Gasteiger partial charge in [0.15, 0.2) is 0 Å². The Labute approximate surface area is 101 Å². The molecule has 0 aliphatic carbocycles. The van der Waals surface area contributed by atoms with Crippen molar-refractivity contribution in [2.24, 2.45) is 0 Å². The van der Waals surface area contributed by atoms with Gasteiger partial charge in [-0.2, -0.15) is 0 Å². The first-order valence-corrected chi connectivity index (χ1v) is 2.48. The normalized spacial score (nSPS) is 8.50. The Morgan fingerprint density at radius 1 is 1.60 bits per heavy atom. The Morgan fingerprint density at radius 2 is 2.20 bits per heavy atom. The van der Waals surface area contributed by atoms with Gasteiger partial charge in [-0.05, 0) is 19.1 Å². The number of aryl methyl sites for hydroxylation is 1. The molecule has 1 aromatic heterocycles. The van der Waals surface area contributed by atoms with Crippen LogP contribution in [0.5, 0.6) is 0 Å². The van der Waals surface area contributed by atoms with Crippen molar-refractivity contribution in [3.8, 4) is 0 Å². The summed E-state index contributed by atoms with van der Waals surface area (Å²) >= 11 is 0. The van der Waals surface area contributed by atoms with E-state index in [0.717, 1.165) is 0 Å². The Balaban J connectivity index is 0.000000810. The molecule has 0 saturated carbocycles. The average molecular weight is 164 g/mol. The van der Waals surface area contributed by atoms with Crippen LogP contribution in [0.25, 0.3) is 0 Å². The summed E-state index contributed by atoms with van der Waals surface area (Å²) in [5.74, 6) is -0.815. The third kappa shape index (κ3) is 2.55. The number of furan rings is 1. The predicted molar refractivity (Wildman–Crippen MR) is 27.8 cm³/mol. The van der Waals surface area contributed by atoms with Gasteiger partial charge < -0.3 is 14.3 Å². The van der Waals surface area contributed by atoms with Gasteiger partial charge in [0.05, 0.1) is 0 Å². The van der Waals surface area contributed by atoms with Crippen LogP contribution in [0.2, 0.25) is 0 Å². The molecule has 0 radical (unpaired) electrons. The third-order valence-corrected chi connectivity index (χ3v) is 0.942. The van der Waals surface area contributed by atoms with Crippen LogP contribution in [0.4, 0.5) is 0 Å². The maximum Gasteiger partial charge on any atom is 1.00 e. The van der Waals surface area contributed by atoms with E-state index in [2.05, 4.69) is 4.42 Å². The molecule has 0 aliphatic heterocycles. The van der Waals surface area contributed by atoms with E-state index in [1.54, 1.807) is 13.0 Å². The summed E-state index contributed by atoms with van der Waals surface area (Å²) < 4.78 is 4.68. The molecule has 1 rings (SSSR count). The van der Waals surface area contributed by atoms with Gasteiger partial charge >= 0.3 is 51.4 Å². The largest absolute Gasteiger partial charge is 1.00 e. The Morgan fingerprint density at radius 3 is 2.40 bits per heavy atom. The molecule has 10 heavy (non-hydrogen) atoms. The van der Waals surface area contributed by atoms with E-state index in [1.165, 1.54) is 6.07 Å². The van der Waals surface area contributed by atoms with Crippen LogP contribution in [0.15, 0.2) is 16.5 Å². The molecule has 0 atom stereocenters. The van der Waals surface area contributed by atoms with Crippen LogP contribution < -0.4 is 56.5 Å². The molecule has 0 aromatic carbocycles. The van der Waals surface area contributed by atoms with Crippen molar-refractivity contribution >= 4 is 5.97 Å². The number of carboxylic acids is 1. The van der Waals surface area contributed by atoms with E-state index in [4.69, 9.17) is 0 Å². The molecule has 0 fully saturated rings. The molecule has 0 saturated heterocycles. The van der Waals surface area contributed by atoms with Crippen molar-refractivity contribution in [3.63, 3.8) is 0 Å². The van der Waals surface area contributed by atoms with E-state index in [-0.39, 0.29) is 57.1 Å². The number of aromatic carboxylic acids is 1. The van der Waals surface area contributed by atoms with Gasteiger partial charge in [0, 0.05) is 0 Å². The molecule has 4 heteroatoms. The Hall–Kier alpha value is 0.386. The average Bonchev–Trinajstić information content (AvgIpc) is 2.14. The third-order valence-electron chi connectivity index (χ3n) is 0.942. The minimum absolute atomic E-state index is 0. The van der Waals surface area contributed by atoms with Gasteiger partial charge in [-0.1, -0.05) is 0 Å². The van der Waals surface area contributed by atoms with Crippen LogP contribution in [-0.4, -0.2) is 5.97 Å². The van der Waals surface area contributed by atoms with Crippen LogP contribution in [0, 0.1) is 6.92 Å². The van der Waals surface area contributed by atoms with E-state index in [1.807, 2.05) is 0 Å². The number of carboxylic acid groups (broad SMARTS) is 1. The maximum absolute atomic E-state index is 10.0. The van der Waals surface area contributed by atoms with Crippen molar-refractivity contribution in [3.05, 3.63) is 23.7 Å². The van der Waals surface area contributed by atoms with Gasteiger partial charge in [-0.15, -0.1) is 0 Å². The summed E-state index contributed by atoms with van der Waals surface area (Å²) in [6, 6.07) is 2.94. The second kappa shape index (κ2) is 4.30. The SMILES string of the molecule is Cc1ccc(C(=O)[O-])o1.[K+]. The van der Waals surface area contributed by atoms with Crippen molar-refractivity contribution in [2.45, 2.75) is 6.92 Å². The summed E-state index contributed by atoms with van der Waals surface area (Å²) in [4.78, 5) is 10.0. The maximum atomic E-state index is 10.0. The van der Waals surface area contributed by atoms with E-state index in [9.17, 15) is 9.90 Å². The second-order valence-electron chi connectivity index (χ2n) is 1.70. The summed E-state index contributed by atoms with van der Waals surface area (Å²) in [7, 11) is 0. The smallest absolute Gasteiger partial charge is 0.542 e. The second-order valence-corrected chi connectivity index (χ2v) is 1.70. The first kappa shape index (κ1) is 10.4. The molecule has 0 aliphatic rings. The predicted octanol–water partition coefficient (Wildman–Crippen LogP) is -3.04. The first-order chi connectivity index (χ1) is 4.20. The summed E-state index contributed by atoms with van der Waals surface area (Å²) in [6.45, 7) is 1.67. The number of carbonyl (C=O) groups is 1. The number of hydrogen-bond acceptors (Lipinski definition) is 3. The van der Waals surface area contributed by atoms with Gasteiger partial charge in [0.25, 0.3) is 0 Å². The summed E-state index contributed by atoms with van der Waals surface area (Å²) in [6.07, 6.45) is 0. The standard InChI is InChI=1S/C6H6O3.K/c1-4-2-3-5(9-4)6(7)8;/h2-3H,1H3,(H,7,8);/q;+1/p-1. The fraction of sp³-hybridized carbons (Fsp3) is 0.167. The molecule has 0 amide bonds. The number of carbonyl (C=O) groups excluding carboxylic acids is 1. The van der Waals surface area contributed by atoms with Crippen molar-refractivity contribution in [1.82, 2.24) is 0 Å². The molecule has 0 bridgehead atoms. The number of hydrogen-bond donors (Lipinski definition) is 0. The molecular weight excluding hydrogens is 159 g/mol. The Bertz CT molecular complexity index is 229. The van der Waals surface area contributed by atoms with Gasteiger partial charge in [0.2, 0.25) is 0 Å². The molecule has 3 nitrogen and oxygen atoms in total. The minimum atomic E-state index is -1.27. The fourth-order valence-corrected chi connectivity index (χ4v) is 0.544. The zero-order chi connectivity index (χ0) is 6.85. The topological polar surface area (TPSA) is 53.3 Å². The van der Waals surface area contributed by atoms with Gasteiger partial charge in [-0.3, -0.25) is 0 Å². The zero-order valence-electron chi connectivity index (χ0n) is 5.88. The minimum Gasteiger partial charge on any atom is -0.542 e. The molecule has 0 spiro atoms. The van der Waals surface area contributed by atoms with Gasteiger partial charge in [-0.25, -0.2) is 0 Å². The van der Waals surface area contributed by atoms with Crippen molar-refractivity contribution in [2.75, 3.05) is 0 Å². The molecule has 0 N–H and O–H groups in total. The van der Waals surface area contributed by atoms with Crippen molar-refractivity contribution in [1.29, 1.82) is 0 Å².